The summed E-state index contributed by atoms with van der Waals surface area (Å²) in [6.45, 7) is 4.06. The van der Waals surface area contributed by atoms with Crippen LogP contribution in [0.4, 0.5) is 4.39 Å². The molecule has 0 saturated carbocycles. The molecule has 0 saturated heterocycles. The molecule has 0 aliphatic rings. The first-order chi connectivity index (χ1) is 9.42. The van der Waals surface area contributed by atoms with Gasteiger partial charge in [0, 0.05) is 19.0 Å². The van der Waals surface area contributed by atoms with Crippen LogP contribution in [0.25, 0.3) is 0 Å². The molecular weight excluding hydrogens is 285 g/mol. The highest BCUT2D eigenvalue weighted by atomic mass is 35.5. The quantitative estimate of drug-likeness (QED) is 0.379. The molecule has 0 aliphatic carbocycles. The van der Waals surface area contributed by atoms with Gasteiger partial charge < -0.3 is 15.8 Å². The average Bonchev–Trinajstić information content (AvgIpc) is 2.45. The van der Waals surface area contributed by atoms with Crippen molar-refractivity contribution in [1.82, 2.24) is 4.90 Å². The summed E-state index contributed by atoms with van der Waals surface area (Å²) in [5, 5.41) is 11.4. The Morgan fingerprint density at radius 3 is 2.80 bits per heavy atom. The number of halogens is 2. The molecule has 0 fully saturated rings. The Balaban J connectivity index is 2.95. The summed E-state index contributed by atoms with van der Waals surface area (Å²) in [4.78, 5) is 13.7. The van der Waals surface area contributed by atoms with Crippen molar-refractivity contribution in [3.05, 3.63) is 34.6 Å². The molecule has 1 aromatic rings. The minimum Gasteiger partial charge on any atom is -0.409 e. The van der Waals surface area contributed by atoms with Crippen LogP contribution in [0.3, 0.4) is 0 Å². The van der Waals surface area contributed by atoms with Gasteiger partial charge in [-0.05, 0) is 19.1 Å². The Bertz CT molecular complexity index is 522. The van der Waals surface area contributed by atoms with Gasteiger partial charge in [-0.3, -0.25) is 4.79 Å². The first-order valence-corrected chi connectivity index (χ1v) is 6.50. The van der Waals surface area contributed by atoms with Gasteiger partial charge in [0.1, 0.15) is 5.84 Å². The summed E-state index contributed by atoms with van der Waals surface area (Å²) in [6.07, 6.45) is 0. The molecular formula is C13H17ClFN3O2. The Kier molecular flexibility index (Phi) is 5.76. The minimum absolute atomic E-state index is 0.0165. The Morgan fingerprint density at radius 1 is 1.60 bits per heavy atom. The van der Waals surface area contributed by atoms with Gasteiger partial charge in [0.25, 0.3) is 5.91 Å². The SMILES string of the molecule is CCN(CC(C)/C(N)=N/O)C(=O)c1cccc(Cl)c1F. The predicted octanol–water partition coefficient (Wildman–Crippen LogP) is 2.32. The molecule has 110 valence electrons. The van der Waals surface area contributed by atoms with Crippen molar-refractivity contribution in [2.45, 2.75) is 13.8 Å². The molecule has 0 heterocycles. The average molecular weight is 302 g/mol. The van der Waals surface area contributed by atoms with Crippen LogP contribution in [0.15, 0.2) is 23.4 Å². The van der Waals surface area contributed by atoms with Gasteiger partial charge in [0.05, 0.1) is 10.6 Å². The van der Waals surface area contributed by atoms with E-state index in [1.54, 1.807) is 13.8 Å². The number of amidine groups is 1. The second-order valence-electron chi connectivity index (χ2n) is 4.37. The van der Waals surface area contributed by atoms with E-state index in [1.807, 2.05) is 0 Å². The Morgan fingerprint density at radius 2 is 2.25 bits per heavy atom. The first-order valence-electron chi connectivity index (χ1n) is 6.13. The van der Waals surface area contributed by atoms with Crippen molar-refractivity contribution >= 4 is 23.3 Å². The molecule has 0 aliphatic heterocycles. The molecule has 1 rings (SSSR count). The van der Waals surface area contributed by atoms with Gasteiger partial charge in [0.15, 0.2) is 5.82 Å². The van der Waals surface area contributed by atoms with Crippen LogP contribution >= 0.6 is 11.6 Å². The number of nitrogens with zero attached hydrogens (tertiary/aromatic N) is 2. The monoisotopic (exact) mass is 301 g/mol. The van der Waals surface area contributed by atoms with E-state index < -0.39 is 11.7 Å². The largest absolute Gasteiger partial charge is 0.409 e. The van der Waals surface area contributed by atoms with E-state index in [1.165, 1.54) is 23.1 Å². The molecule has 7 heteroatoms. The number of carbonyl (C=O) groups excluding carboxylic acids is 1. The molecule has 1 amide bonds. The third-order valence-electron chi connectivity index (χ3n) is 2.97. The summed E-state index contributed by atoms with van der Waals surface area (Å²) >= 11 is 5.67. The zero-order valence-electron chi connectivity index (χ0n) is 11.3. The molecule has 0 radical (unpaired) electrons. The Hall–Kier alpha value is -1.82. The van der Waals surface area contributed by atoms with Gasteiger partial charge in [0.2, 0.25) is 0 Å². The summed E-state index contributed by atoms with van der Waals surface area (Å²) < 4.78 is 13.8. The second kappa shape index (κ2) is 7.09. The normalized spacial score (nSPS) is 13.1. The lowest BCUT2D eigenvalue weighted by molar-refractivity contribution is 0.0749. The number of amides is 1. The van der Waals surface area contributed by atoms with Crippen LogP contribution in [0, 0.1) is 11.7 Å². The summed E-state index contributed by atoms with van der Waals surface area (Å²) in [5.41, 5.74) is 5.39. The molecule has 1 unspecified atom stereocenters. The van der Waals surface area contributed by atoms with E-state index in [2.05, 4.69) is 5.16 Å². The van der Waals surface area contributed by atoms with E-state index in [0.29, 0.717) is 6.54 Å². The lowest BCUT2D eigenvalue weighted by Crippen LogP contribution is -2.39. The van der Waals surface area contributed by atoms with Crippen molar-refractivity contribution in [3.63, 3.8) is 0 Å². The number of benzene rings is 1. The van der Waals surface area contributed by atoms with Crippen LogP contribution in [-0.4, -0.2) is 34.9 Å². The van der Waals surface area contributed by atoms with Crippen molar-refractivity contribution in [3.8, 4) is 0 Å². The number of oxime groups is 1. The van der Waals surface area contributed by atoms with Gasteiger partial charge in [-0.15, -0.1) is 0 Å². The summed E-state index contributed by atoms with van der Waals surface area (Å²) in [7, 11) is 0. The molecule has 0 aromatic heterocycles. The molecule has 20 heavy (non-hydrogen) atoms. The highest BCUT2D eigenvalue weighted by molar-refractivity contribution is 6.31. The highest BCUT2D eigenvalue weighted by Gasteiger charge is 2.22. The van der Waals surface area contributed by atoms with Crippen molar-refractivity contribution in [2.24, 2.45) is 16.8 Å². The van der Waals surface area contributed by atoms with Gasteiger partial charge >= 0.3 is 0 Å². The summed E-state index contributed by atoms with van der Waals surface area (Å²) in [5.74, 6) is -1.55. The van der Waals surface area contributed by atoms with Crippen LogP contribution in [0.2, 0.25) is 5.02 Å². The second-order valence-corrected chi connectivity index (χ2v) is 4.78. The van der Waals surface area contributed by atoms with E-state index in [0.717, 1.165) is 0 Å². The molecule has 0 bridgehead atoms. The topological polar surface area (TPSA) is 78.9 Å². The molecule has 5 nitrogen and oxygen atoms in total. The third kappa shape index (κ3) is 3.60. The Labute approximate surface area is 121 Å². The third-order valence-corrected chi connectivity index (χ3v) is 3.26. The first kappa shape index (κ1) is 16.2. The van der Waals surface area contributed by atoms with Gasteiger partial charge in [-0.1, -0.05) is 29.7 Å². The van der Waals surface area contributed by atoms with E-state index in [9.17, 15) is 9.18 Å². The maximum Gasteiger partial charge on any atom is 0.256 e. The van der Waals surface area contributed by atoms with E-state index in [-0.39, 0.29) is 28.9 Å². The molecule has 1 aromatic carbocycles. The maximum absolute atomic E-state index is 13.8. The fourth-order valence-corrected chi connectivity index (χ4v) is 1.89. The van der Waals surface area contributed by atoms with Gasteiger partial charge in [-0.2, -0.15) is 0 Å². The van der Waals surface area contributed by atoms with Crippen LogP contribution in [0.5, 0.6) is 0 Å². The minimum atomic E-state index is -0.742. The van der Waals surface area contributed by atoms with E-state index in [4.69, 9.17) is 22.5 Å². The number of nitrogens with two attached hydrogens (primary N) is 1. The van der Waals surface area contributed by atoms with Gasteiger partial charge in [-0.25, -0.2) is 4.39 Å². The van der Waals surface area contributed by atoms with Crippen molar-refractivity contribution in [1.29, 1.82) is 0 Å². The standard InChI is InChI=1S/C13H17ClFN3O2/c1-3-18(7-8(2)12(16)17-20)13(19)9-5-4-6-10(14)11(9)15/h4-6,8,20H,3,7H2,1-2H3,(H2,16,17). The number of hydrogen-bond donors (Lipinski definition) is 2. The van der Waals surface area contributed by atoms with Crippen LogP contribution in [0.1, 0.15) is 24.2 Å². The lowest BCUT2D eigenvalue weighted by Gasteiger charge is -2.24. The fraction of sp³-hybridized carbons (Fsp3) is 0.385. The predicted molar refractivity (Wildman–Crippen MR) is 75.6 cm³/mol. The smallest absolute Gasteiger partial charge is 0.256 e. The zero-order chi connectivity index (χ0) is 15.3. The summed E-state index contributed by atoms with van der Waals surface area (Å²) in [6, 6.07) is 4.27. The van der Waals surface area contributed by atoms with Crippen molar-refractivity contribution < 1.29 is 14.4 Å². The fourth-order valence-electron chi connectivity index (χ4n) is 1.72. The van der Waals surface area contributed by atoms with Crippen LogP contribution < -0.4 is 5.73 Å². The molecule has 1 atom stereocenters. The maximum atomic E-state index is 13.8. The van der Waals surface area contributed by atoms with Crippen molar-refractivity contribution in [2.75, 3.05) is 13.1 Å². The zero-order valence-corrected chi connectivity index (χ0v) is 12.1. The van der Waals surface area contributed by atoms with Crippen LogP contribution in [-0.2, 0) is 0 Å². The number of carbonyl (C=O) groups is 1. The molecule has 3 N–H and O–H groups in total. The lowest BCUT2D eigenvalue weighted by atomic mass is 10.1. The highest BCUT2D eigenvalue weighted by Crippen LogP contribution is 2.19. The molecule has 0 spiro atoms. The van der Waals surface area contributed by atoms with E-state index >= 15 is 0 Å². The number of rotatable bonds is 5. The number of hydrogen-bond acceptors (Lipinski definition) is 3.